The second-order valence-corrected chi connectivity index (χ2v) is 6.30. The Morgan fingerprint density at radius 2 is 2.28 bits per heavy atom. The number of hydrogen-bond donors (Lipinski definition) is 1. The van der Waals surface area contributed by atoms with Gasteiger partial charge in [-0.1, -0.05) is 12.1 Å². The van der Waals surface area contributed by atoms with Gasteiger partial charge in [0.25, 0.3) is 0 Å². The van der Waals surface area contributed by atoms with Crippen molar-refractivity contribution >= 4 is 27.3 Å². The van der Waals surface area contributed by atoms with E-state index in [4.69, 9.17) is 0 Å². The van der Waals surface area contributed by atoms with Gasteiger partial charge in [-0.25, -0.2) is 4.68 Å². The van der Waals surface area contributed by atoms with Gasteiger partial charge >= 0.3 is 0 Å². The molecule has 0 aliphatic heterocycles. The standard InChI is InChI=1S/C12H17BrN4S/c1-4-7-14-10(9-6-5-8(2)18-9)11-12(13)15-16-17(11)3/h5-6,10,14H,4,7H2,1-3H3. The minimum absolute atomic E-state index is 0.151. The van der Waals surface area contributed by atoms with E-state index < -0.39 is 0 Å². The van der Waals surface area contributed by atoms with Crippen LogP contribution in [0.4, 0.5) is 0 Å². The molecule has 0 spiro atoms. The van der Waals surface area contributed by atoms with Crippen molar-refractivity contribution in [3.05, 3.63) is 32.2 Å². The van der Waals surface area contributed by atoms with E-state index in [-0.39, 0.29) is 6.04 Å². The maximum Gasteiger partial charge on any atom is 0.153 e. The summed E-state index contributed by atoms with van der Waals surface area (Å²) >= 11 is 5.29. The summed E-state index contributed by atoms with van der Waals surface area (Å²) in [6.45, 7) is 5.26. The number of aromatic nitrogens is 3. The summed E-state index contributed by atoms with van der Waals surface area (Å²) in [5.74, 6) is 0. The third kappa shape index (κ3) is 2.81. The molecule has 1 unspecified atom stereocenters. The van der Waals surface area contributed by atoms with Gasteiger partial charge < -0.3 is 5.32 Å². The predicted octanol–water partition coefficient (Wildman–Crippen LogP) is 3.04. The first-order valence-corrected chi connectivity index (χ1v) is 7.59. The van der Waals surface area contributed by atoms with E-state index in [1.807, 2.05) is 23.1 Å². The largest absolute Gasteiger partial charge is 0.304 e. The molecule has 0 aliphatic rings. The second-order valence-electron chi connectivity index (χ2n) is 4.22. The summed E-state index contributed by atoms with van der Waals surface area (Å²) in [5.41, 5.74) is 1.07. The molecule has 0 aromatic carbocycles. The first-order valence-electron chi connectivity index (χ1n) is 5.98. The Hall–Kier alpha value is -0.720. The van der Waals surface area contributed by atoms with Crippen LogP contribution in [0.2, 0.25) is 0 Å². The molecule has 0 saturated heterocycles. The van der Waals surface area contributed by atoms with Crippen LogP contribution in [0.1, 0.15) is 34.8 Å². The smallest absolute Gasteiger partial charge is 0.153 e. The van der Waals surface area contributed by atoms with Crippen LogP contribution >= 0.6 is 27.3 Å². The zero-order chi connectivity index (χ0) is 13.1. The van der Waals surface area contributed by atoms with E-state index in [2.05, 4.69) is 57.5 Å². The Bertz CT molecular complexity index is 500. The van der Waals surface area contributed by atoms with E-state index in [0.717, 1.165) is 23.3 Å². The highest BCUT2D eigenvalue weighted by atomic mass is 79.9. The van der Waals surface area contributed by atoms with Gasteiger partial charge in [-0.3, -0.25) is 0 Å². The van der Waals surface area contributed by atoms with E-state index in [9.17, 15) is 0 Å². The lowest BCUT2D eigenvalue weighted by Crippen LogP contribution is -2.24. The van der Waals surface area contributed by atoms with Gasteiger partial charge in [0.2, 0.25) is 0 Å². The number of thiophene rings is 1. The maximum absolute atomic E-state index is 4.07. The molecule has 18 heavy (non-hydrogen) atoms. The molecule has 98 valence electrons. The molecule has 0 aliphatic carbocycles. The highest BCUT2D eigenvalue weighted by Gasteiger charge is 2.22. The Morgan fingerprint density at radius 1 is 1.50 bits per heavy atom. The molecular formula is C12H17BrN4S. The predicted molar refractivity (Wildman–Crippen MR) is 77.9 cm³/mol. The fourth-order valence-corrected chi connectivity index (χ4v) is 3.39. The number of hydrogen-bond acceptors (Lipinski definition) is 4. The Morgan fingerprint density at radius 3 is 2.78 bits per heavy atom. The van der Waals surface area contributed by atoms with Crippen molar-refractivity contribution in [1.82, 2.24) is 20.3 Å². The highest BCUT2D eigenvalue weighted by molar-refractivity contribution is 9.10. The molecule has 2 aromatic rings. The minimum atomic E-state index is 0.151. The van der Waals surface area contributed by atoms with E-state index >= 15 is 0 Å². The molecular weight excluding hydrogens is 312 g/mol. The van der Waals surface area contributed by atoms with Gasteiger partial charge in [-0.15, -0.1) is 16.4 Å². The van der Waals surface area contributed by atoms with Gasteiger partial charge in [0.1, 0.15) is 0 Å². The molecule has 6 heteroatoms. The molecule has 2 heterocycles. The number of nitrogens with zero attached hydrogens (tertiary/aromatic N) is 3. The Labute approximate surface area is 120 Å². The third-order valence-corrected chi connectivity index (χ3v) is 4.37. The maximum atomic E-state index is 4.07. The molecule has 1 atom stereocenters. The molecule has 0 bridgehead atoms. The average Bonchev–Trinajstić information content (AvgIpc) is 2.90. The number of halogens is 1. The van der Waals surface area contributed by atoms with Crippen molar-refractivity contribution < 1.29 is 0 Å². The average molecular weight is 329 g/mol. The third-order valence-electron chi connectivity index (χ3n) is 2.74. The molecule has 0 radical (unpaired) electrons. The molecule has 2 rings (SSSR count). The van der Waals surface area contributed by atoms with Crippen molar-refractivity contribution in [3.8, 4) is 0 Å². The van der Waals surface area contributed by atoms with Gasteiger partial charge in [0.15, 0.2) is 4.60 Å². The van der Waals surface area contributed by atoms with Gasteiger partial charge in [0, 0.05) is 16.8 Å². The van der Waals surface area contributed by atoms with Crippen LogP contribution in [0.15, 0.2) is 16.7 Å². The zero-order valence-electron chi connectivity index (χ0n) is 10.8. The van der Waals surface area contributed by atoms with E-state index in [0.29, 0.717) is 0 Å². The van der Waals surface area contributed by atoms with E-state index in [1.54, 1.807) is 0 Å². The fraction of sp³-hybridized carbons (Fsp3) is 0.500. The summed E-state index contributed by atoms with van der Waals surface area (Å²) in [4.78, 5) is 2.62. The first kappa shape index (κ1) is 13.7. The number of nitrogens with one attached hydrogen (secondary N) is 1. The van der Waals surface area contributed by atoms with Crippen LogP contribution in [0.3, 0.4) is 0 Å². The van der Waals surface area contributed by atoms with Crippen LogP contribution in [-0.2, 0) is 7.05 Å². The molecule has 1 N–H and O–H groups in total. The fourth-order valence-electron chi connectivity index (χ4n) is 1.87. The summed E-state index contributed by atoms with van der Waals surface area (Å²) in [7, 11) is 1.92. The summed E-state index contributed by atoms with van der Waals surface area (Å²) < 4.78 is 2.64. The van der Waals surface area contributed by atoms with Crippen LogP contribution in [0.5, 0.6) is 0 Å². The van der Waals surface area contributed by atoms with Crippen molar-refractivity contribution in [2.75, 3.05) is 6.54 Å². The Kier molecular flexibility index (Phi) is 4.53. The van der Waals surface area contributed by atoms with Crippen LogP contribution < -0.4 is 5.32 Å². The summed E-state index contributed by atoms with van der Waals surface area (Å²) in [6, 6.07) is 4.48. The van der Waals surface area contributed by atoms with Crippen molar-refractivity contribution in [2.45, 2.75) is 26.3 Å². The lowest BCUT2D eigenvalue weighted by molar-refractivity contribution is 0.555. The number of rotatable bonds is 5. The van der Waals surface area contributed by atoms with Crippen molar-refractivity contribution in [1.29, 1.82) is 0 Å². The lowest BCUT2D eigenvalue weighted by Gasteiger charge is -2.17. The summed E-state index contributed by atoms with van der Waals surface area (Å²) in [5, 5.41) is 11.7. The molecule has 0 fully saturated rings. The zero-order valence-corrected chi connectivity index (χ0v) is 13.2. The van der Waals surface area contributed by atoms with E-state index in [1.165, 1.54) is 9.75 Å². The molecule has 0 amide bonds. The molecule has 4 nitrogen and oxygen atoms in total. The normalized spacial score (nSPS) is 12.9. The quantitative estimate of drug-likeness (QED) is 0.917. The topological polar surface area (TPSA) is 42.7 Å². The van der Waals surface area contributed by atoms with Gasteiger partial charge in [-0.05, 0) is 48.0 Å². The minimum Gasteiger partial charge on any atom is -0.304 e. The van der Waals surface area contributed by atoms with Crippen LogP contribution in [-0.4, -0.2) is 21.5 Å². The Balaban J connectivity index is 2.36. The van der Waals surface area contributed by atoms with Crippen molar-refractivity contribution in [3.63, 3.8) is 0 Å². The summed E-state index contributed by atoms with van der Waals surface area (Å²) in [6.07, 6.45) is 1.10. The SMILES string of the molecule is CCCNC(c1ccc(C)s1)c1c(Br)nnn1C. The number of aryl methyl sites for hydroxylation is 2. The lowest BCUT2D eigenvalue weighted by atomic mass is 10.1. The molecule has 0 saturated carbocycles. The van der Waals surface area contributed by atoms with Gasteiger partial charge in [0.05, 0.1) is 11.7 Å². The monoisotopic (exact) mass is 328 g/mol. The second kappa shape index (κ2) is 5.95. The molecule has 2 aromatic heterocycles. The first-order chi connectivity index (χ1) is 8.63. The highest BCUT2D eigenvalue weighted by Crippen LogP contribution is 2.31. The van der Waals surface area contributed by atoms with Crippen molar-refractivity contribution in [2.24, 2.45) is 7.05 Å². The van der Waals surface area contributed by atoms with Gasteiger partial charge in [-0.2, -0.15) is 0 Å². The van der Waals surface area contributed by atoms with Crippen LogP contribution in [0, 0.1) is 6.92 Å². The van der Waals surface area contributed by atoms with Crippen LogP contribution in [0.25, 0.3) is 0 Å².